The van der Waals surface area contributed by atoms with Crippen molar-refractivity contribution in [2.75, 3.05) is 10.9 Å². The van der Waals surface area contributed by atoms with Gasteiger partial charge in [-0.25, -0.2) is 9.97 Å². The molecule has 4 N–H and O–H groups in total. The molecule has 0 atom stereocenters. The number of amides is 2. The van der Waals surface area contributed by atoms with E-state index in [-0.39, 0.29) is 32.8 Å². The van der Waals surface area contributed by atoms with Gasteiger partial charge in [-0.1, -0.05) is 47.5 Å². The van der Waals surface area contributed by atoms with E-state index in [0.717, 1.165) is 6.33 Å². The molecule has 11 nitrogen and oxygen atoms in total. The summed E-state index contributed by atoms with van der Waals surface area (Å²) in [7, 11) is 0. The Hall–Kier alpha value is -3.96. The highest BCUT2D eigenvalue weighted by Crippen LogP contribution is 2.28. The molecule has 2 aromatic carbocycles. The minimum atomic E-state index is -0.784. The molecule has 3 aromatic rings. The topological polar surface area (TPSA) is 151 Å². The molecule has 2 amide bonds. The Morgan fingerprint density at radius 1 is 0.806 bits per heavy atom. The van der Waals surface area contributed by atoms with E-state index >= 15 is 0 Å². The summed E-state index contributed by atoms with van der Waals surface area (Å²) in [5.74, 6) is -1.93. The fraction of sp³-hybridized carbons (Fsp3) is 0. The second kappa shape index (κ2) is 9.69. The Morgan fingerprint density at radius 2 is 1.23 bits per heavy atom. The lowest BCUT2D eigenvalue weighted by atomic mass is 10.2. The first-order valence-corrected chi connectivity index (χ1v) is 9.25. The Labute approximate surface area is 184 Å². The Morgan fingerprint density at radius 3 is 1.61 bits per heavy atom. The number of hydrogen-bond acceptors (Lipinski definition) is 8. The monoisotopic (exact) mass is 461 g/mol. The van der Waals surface area contributed by atoms with Crippen molar-refractivity contribution in [3.63, 3.8) is 0 Å². The summed E-state index contributed by atoms with van der Waals surface area (Å²) in [6.45, 7) is 0. The molecule has 0 unspecified atom stereocenters. The van der Waals surface area contributed by atoms with Crippen LogP contribution in [-0.4, -0.2) is 26.7 Å². The van der Waals surface area contributed by atoms with Crippen LogP contribution in [0.4, 0.5) is 17.3 Å². The van der Waals surface area contributed by atoms with Crippen LogP contribution >= 0.6 is 23.2 Å². The van der Waals surface area contributed by atoms with E-state index in [1.54, 1.807) is 24.3 Å². The number of halogens is 2. The van der Waals surface area contributed by atoms with Crippen molar-refractivity contribution in [1.29, 1.82) is 0 Å². The molecule has 0 saturated heterocycles. The van der Waals surface area contributed by atoms with Gasteiger partial charge in [-0.3, -0.25) is 41.4 Å². The number of nitro groups is 1. The minimum Gasteiger partial charge on any atom is -0.276 e. The maximum Gasteiger partial charge on any atom is 0.356 e. The normalized spacial score (nSPS) is 10.1. The number of anilines is 2. The molecule has 0 radical (unpaired) electrons. The van der Waals surface area contributed by atoms with E-state index in [1.807, 2.05) is 0 Å². The zero-order valence-corrected chi connectivity index (χ0v) is 16.9. The lowest BCUT2D eigenvalue weighted by Crippen LogP contribution is -2.32. The Kier molecular flexibility index (Phi) is 6.80. The van der Waals surface area contributed by atoms with Gasteiger partial charge in [0.1, 0.15) is 6.33 Å². The van der Waals surface area contributed by atoms with Gasteiger partial charge < -0.3 is 0 Å². The third-order valence-electron chi connectivity index (χ3n) is 3.83. The number of rotatable bonds is 7. The number of aromatic nitrogens is 2. The average Bonchev–Trinajstić information content (AvgIpc) is 2.76. The number of nitrogens with one attached hydrogen (secondary N) is 4. The van der Waals surface area contributed by atoms with Gasteiger partial charge in [0.15, 0.2) is 0 Å². The van der Waals surface area contributed by atoms with Crippen LogP contribution in [0.25, 0.3) is 0 Å². The van der Waals surface area contributed by atoms with E-state index in [1.165, 1.54) is 24.3 Å². The number of carbonyl (C=O) groups excluding carboxylic acids is 2. The maximum absolute atomic E-state index is 12.3. The molecule has 13 heteroatoms. The molecule has 1 aromatic heterocycles. The van der Waals surface area contributed by atoms with Crippen molar-refractivity contribution < 1.29 is 14.5 Å². The fourth-order valence-corrected chi connectivity index (χ4v) is 2.84. The number of benzene rings is 2. The number of nitrogens with zero attached hydrogens (tertiary/aromatic N) is 3. The van der Waals surface area contributed by atoms with Crippen molar-refractivity contribution in [2.45, 2.75) is 0 Å². The molecule has 0 spiro atoms. The van der Waals surface area contributed by atoms with E-state index < -0.39 is 22.4 Å². The van der Waals surface area contributed by atoms with Crippen molar-refractivity contribution in [3.05, 3.63) is 86.1 Å². The molecule has 0 saturated carbocycles. The van der Waals surface area contributed by atoms with Gasteiger partial charge in [0, 0.05) is 0 Å². The molecule has 0 aliphatic rings. The van der Waals surface area contributed by atoms with Crippen LogP contribution in [-0.2, 0) is 0 Å². The first kappa shape index (κ1) is 21.7. The summed E-state index contributed by atoms with van der Waals surface area (Å²) in [4.78, 5) is 42.8. The molecule has 0 aliphatic heterocycles. The van der Waals surface area contributed by atoms with E-state index in [4.69, 9.17) is 23.2 Å². The van der Waals surface area contributed by atoms with Gasteiger partial charge in [0.25, 0.3) is 11.8 Å². The van der Waals surface area contributed by atoms with Gasteiger partial charge in [-0.05, 0) is 24.3 Å². The summed E-state index contributed by atoms with van der Waals surface area (Å²) in [5, 5.41) is 12.0. The summed E-state index contributed by atoms with van der Waals surface area (Å²) in [6.07, 6.45) is 1.00. The number of hydrogen-bond donors (Lipinski definition) is 4. The van der Waals surface area contributed by atoms with Gasteiger partial charge in [0.05, 0.1) is 26.1 Å². The first-order chi connectivity index (χ1) is 14.9. The van der Waals surface area contributed by atoms with Gasteiger partial charge in [-0.2, -0.15) is 0 Å². The Balaban J connectivity index is 1.76. The lowest BCUT2D eigenvalue weighted by molar-refractivity contribution is -0.383. The summed E-state index contributed by atoms with van der Waals surface area (Å²) in [5.41, 5.74) is 8.96. The van der Waals surface area contributed by atoms with Crippen LogP contribution in [0.2, 0.25) is 10.0 Å². The molecule has 1 heterocycles. The highest BCUT2D eigenvalue weighted by molar-refractivity contribution is 6.34. The minimum absolute atomic E-state index is 0.152. The smallest absolute Gasteiger partial charge is 0.276 e. The predicted molar refractivity (Wildman–Crippen MR) is 114 cm³/mol. The van der Waals surface area contributed by atoms with Crippen LogP contribution in [0.15, 0.2) is 54.9 Å². The van der Waals surface area contributed by atoms with E-state index in [0.29, 0.717) is 0 Å². The van der Waals surface area contributed by atoms with E-state index in [9.17, 15) is 19.7 Å². The highest BCUT2D eigenvalue weighted by atomic mass is 35.5. The SMILES string of the molecule is O=C(NNc1ncnc(NNC(=O)c2ccccc2Cl)c1[N+](=O)[O-])c1ccccc1Cl. The van der Waals surface area contributed by atoms with Crippen LogP contribution in [0.3, 0.4) is 0 Å². The van der Waals surface area contributed by atoms with Gasteiger partial charge in [-0.15, -0.1) is 0 Å². The largest absolute Gasteiger partial charge is 0.356 e. The zero-order chi connectivity index (χ0) is 22.4. The second-order valence-electron chi connectivity index (χ2n) is 5.79. The lowest BCUT2D eigenvalue weighted by Gasteiger charge is -2.12. The summed E-state index contributed by atoms with van der Waals surface area (Å²) >= 11 is 11.9. The third kappa shape index (κ3) is 5.15. The molecule has 0 bridgehead atoms. The Bertz CT molecular complexity index is 1080. The van der Waals surface area contributed by atoms with Gasteiger partial charge >= 0.3 is 5.69 Å². The number of hydrazine groups is 2. The zero-order valence-electron chi connectivity index (χ0n) is 15.4. The van der Waals surface area contributed by atoms with Crippen LogP contribution in [0, 0.1) is 10.1 Å². The fourth-order valence-electron chi connectivity index (χ4n) is 2.39. The van der Waals surface area contributed by atoms with E-state index in [2.05, 4.69) is 31.7 Å². The summed E-state index contributed by atoms with van der Waals surface area (Å²) in [6, 6.07) is 12.5. The molecule has 158 valence electrons. The quantitative estimate of drug-likeness (QED) is 0.309. The molecule has 31 heavy (non-hydrogen) atoms. The first-order valence-electron chi connectivity index (χ1n) is 8.49. The molecule has 3 rings (SSSR count). The van der Waals surface area contributed by atoms with Gasteiger partial charge in [0.2, 0.25) is 11.6 Å². The third-order valence-corrected chi connectivity index (χ3v) is 4.49. The summed E-state index contributed by atoms with van der Waals surface area (Å²) < 4.78 is 0. The highest BCUT2D eigenvalue weighted by Gasteiger charge is 2.24. The van der Waals surface area contributed by atoms with Crippen LogP contribution < -0.4 is 21.7 Å². The standard InChI is InChI=1S/C18H13Cl2N7O4/c19-12-7-3-1-5-10(12)17(28)25-23-15-14(27(30)31)16(22-9-21-15)24-26-18(29)11-6-2-4-8-13(11)20/h1-9H,(H,25,28)(H,26,29)(H2,21,22,23,24). The molecular formula is C18H13Cl2N7O4. The number of carbonyl (C=O) groups is 2. The average molecular weight is 462 g/mol. The second-order valence-corrected chi connectivity index (χ2v) is 6.61. The predicted octanol–water partition coefficient (Wildman–Crippen LogP) is 3.21. The van der Waals surface area contributed by atoms with Crippen molar-refractivity contribution in [3.8, 4) is 0 Å². The maximum atomic E-state index is 12.3. The molecule has 0 aliphatic carbocycles. The van der Waals surface area contributed by atoms with Crippen LogP contribution in [0.1, 0.15) is 20.7 Å². The van der Waals surface area contributed by atoms with Crippen molar-refractivity contribution in [2.24, 2.45) is 0 Å². The molecule has 0 fully saturated rings. The van der Waals surface area contributed by atoms with Crippen molar-refractivity contribution >= 4 is 52.3 Å². The molecular weight excluding hydrogens is 449 g/mol. The van der Waals surface area contributed by atoms with Crippen molar-refractivity contribution in [1.82, 2.24) is 20.8 Å². The van der Waals surface area contributed by atoms with Crippen LogP contribution in [0.5, 0.6) is 0 Å².